The van der Waals surface area contributed by atoms with Crippen LogP contribution in [0.15, 0.2) is 0 Å². The van der Waals surface area contributed by atoms with Crippen LogP contribution in [0.25, 0.3) is 0 Å². The number of hydrogen-bond acceptors (Lipinski definition) is 5. The Kier molecular flexibility index (Phi) is 6.04. The van der Waals surface area contributed by atoms with Crippen LogP contribution in [-0.4, -0.2) is 77.4 Å². The summed E-state index contributed by atoms with van der Waals surface area (Å²) < 4.78 is 22.2. The van der Waals surface area contributed by atoms with Crippen LogP contribution in [0.2, 0.25) is 0 Å². The second kappa shape index (κ2) is 7.55. The van der Waals surface area contributed by atoms with E-state index in [1.807, 2.05) is 0 Å². The molecule has 2 aliphatic rings. The van der Waals surface area contributed by atoms with Crippen LogP contribution < -0.4 is 0 Å². The highest BCUT2D eigenvalue weighted by molar-refractivity contribution is 4.89. The average molecular weight is 273 g/mol. The van der Waals surface area contributed by atoms with E-state index in [0.29, 0.717) is 6.61 Å². The van der Waals surface area contributed by atoms with Crippen molar-refractivity contribution in [1.82, 2.24) is 4.90 Å². The Bertz CT molecular complexity index is 258. The molecule has 0 aromatic heterocycles. The van der Waals surface area contributed by atoms with E-state index >= 15 is 0 Å². The Balaban J connectivity index is 1.89. The fourth-order valence-electron chi connectivity index (χ4n) is 3.10. The first-order valence-corrected chi connectivity index (χ1v) is 7.17. The van der Waals surface area contributed by atoms with Crippen molar-refractivity contribution in [2.24, 2.45) is 5.92 Å². The second-order valence-corrected chi connectivity index (χ2v) is 5.57. The minimum absolute atomic E-state index is 0.0286. The Morgan fingerprint density at radius 1 is 1.05 bits per heavy atom. The van der Waals surface area contributed by atoms with E-state index in [-0.39, 0.29) is 18.2 Å². The van der Waals surface area contributed by atoms with E-state index in [0.717, 1.165) is 45.1 Å². The molecule has 2 heterocycles. The van der Waals surface area contributed by atoms with E-state index in [1.165, 1.54) is 0 Å². The van der Waals surface area contributed by atoms with Gasteiger partial charge in [-0.15, -0.1) is 0 Å². The van der Waals surface area contributed by atoms with Gasteiger partial charge < -0.3 is 18.9 Å². The molecule has 0 amide bonds. The fraction of sp³-hybridized carbons (Fsp3) is 1.00. The number of methoxy groups -OCH3 is 2. The molecule has 0 bridgehead atoms. The van der Waals surface area contributed by atoms with Gasteiger partial charge in [0.25, 0.3) is 0 Å². The molecule has 0 aromatic rings. The first-order chi connectivity index (χ1) is 9.26. The maximum atomic E-state index is 5.66. The lowest BCUT2D eigenvalue weighted by atomic mass is 9.97. The second-order valence-electron chi connectivity index (χ2n) is 5.57. The minimum atomic E-state index is 0.0286. The minimum Gasteiger partial charge on any atom is -0.381 e. The third kappa shape index (κ3) is 3.89. The van der Waals surface area contributed by atoms with Crippen molar-refractivity contribution >= 4 is 0 Å². The van der Waals surface area contributed by atoms with Gasteiger partial charge >= 0.3 is 0 Å². The molecule has 2 aliphatic heterocycles. The van der Waals surface area contributed by atoms with Gasteiger partial charge in [-0.1, -0.05) is 0 Å². The predicted octanol–water partition coefficient (Wildman–Crippen LogP) is 0.774. The molecule has 3 atom stereocenters. The van der Waals surface area contributed by atoms with Gasteiger partial charge in [0.15, 0.2) is 0 Å². The Morgan fingerprint density at radius 2 is 1.79 bits per heavy atom. The third-order valence-electron chi connectivity index (χ3n) is 4.34. The molecule has 2 saturated heterocycles. The summed E-state index contributed by atoms with van der Waals surface area (Å²) in [5, 5.41) is 0. The molecule has 5 nitrogen and oxygen atoms in total. The predicted molar refractivity (Wildman–Crippen MR) is 72.4 cm³/mol. The van der Waals surface area contributed by atoms with E-state index in [9.17, 15) is 0 Å². The zero-order chi connectivity index (χ0) is 13.7. The van der Waals surface area contributed by atoms with E-state index < -0.39 is 0 Å². The van der Waals surface area contributed by atoms with Crippen molar-refractivity contribution in [1.29, 1.82) is 0 Å². The van der Waals surface area contributed by atoms with Crippen LogP contribution in [-0.2, 0) is 18.9 Å². The van der Waals surface area contributed by atoms with Crippen molar-refractivity contribution < 1.29 is 18.9 Å². The van der Waals surface area contributed by atoms with Crippen LogP contribution in [0.5, 0.6) is 0 Å². The molecular formula is C14H27NO4. The fourth-order valence-corrected chi connectivity index (χ4v) is 3.10. The summed E-state index contributed by atoms with van der Waals surface area (Å²) in [6, 6.07) is 0.270. The van der Waals surface area contributed by atoms with Crippen LogP contribution >= 0.6 is 0 Å². The number of likely N-dealkylation sites (N-methyl/N-ethyl adjacent to an activating group) is 1. The summed E-state index contributed by atoms with van der Waals surface area (Å²) in [6.07, 6.45) is 2.43. The van der Waals surface area contributed by atoms with Gasteiger partial charge in [-0.05, 0) is 25.8 Å². The lowest BCUT2D eigenvalue weighted by Gasteiger charge is -2.42. The molecule has 0 unspecified atom stereocenters. The van der Waals surface area contributed by atoms with Crippen LogP contribution in [0.3, 0.4) is 0 Å². The van der Waals surface area contributed by atoms with Gasteiger partial charge in [-0.3, -0.25) is 4.90 Å². The molecule has 19 heavy (non-hydrogen) atoms. The van der Waals surface area contributed by atoms with E-state index in [2.05, 4.69) is 11.9 Å². The van der Waals surface area contributed by atoms with Crippen molar-refractivity contribution in [3.05, 3.63) is 0 Å². The SMILES string of the molecule is CO[C@H]1[C@H](N(C)CC2CCOCC2)COC[C@H]1OC. The monoisotopic (exact) mass is 273 g/mol. The first-order valence-electron chi connectivity index (χ1n) is 7.17. The Labute approximate surface area is 116 Å². The van der Waals surface area contributed by atoms with Gasteiger partial charge in [0.1, 0.15) is 12.2 Å². The Morgan fingerprint density at radius 3 is 2.42 bits per heavy atom. The molecule has 0 aliphatic carbocycles. The highest BCUT2D eigenvalue weighted by Crippen LogP contribution is 2.22. The van der Waals surface area contributed by atoms with Crippen molar-refractivity contribution in [3.63, 3.8) is 0 Å². The average Bonchev–Trinajstić information content (AvgIpc) is 2.47. The largest absolute Gasteiger partial charge is 0.381 e. The molecule has 2 rings (SSSR count). The summed E-state index contributed by atoms with van der Waals surface area (Å²) >= 11 is 0. The highest BCUT2D eigenvalue weighted by atomic mass is 16.6. The van der Waals surface area contributed by atoms with Crippen molar-refractivity contribution in [2.75, 3.05) is 54.2 Å². The van der Waals surface area contributed by atoms with E-state index in [4.69, 9.17) is 18.9 Å². The zero-order valence-electron chi connectivity index (χ0n) is 12.3. The van der Waals surface area contributed by atoms with Crippen molar-refractivity contribution in [3.8, 4) is 0 Å². The van der Waals surface area contributed by atoms with Crippen LogP contribution in [0.1, 0.15) is 12.8 Å². The zero-order valence-corrected chi connectivity index (χ0v) is 12.3. The number of hydrogen-bond donors (Lipinski definition) is 0. The molecule has 0 N–H and O–H groups in total. The summed E-state index contributed by atoms with van der Waals surface area (Å²) in [5.74, 6) is 0.721. The maximum Gasteiger partial charge on any atom is 0.108 e. The van der Waals surface area contributed by atoms with Gasteiger partial charge in [0.05, 0.1) is 19.3 Å². The van der Waals surface area contributed by atoms with Crippen LogP contribution in [0, 0.1) is 5.92 Å². The van der Waals surface area contributed by atoms with Gasteiger partial charge in [-0.25, -0.2) is 0 Å². The number of ether oxygens (including phenoxy) is 4. The standard InChI is InChI=1S/C14H27NO4/c1-15(8-11-4-6-18-7-5-11)12-9-19-10-13(16-2)14(12)17-3/h11-14H,4-10H2,1-3H3/t12-,13-,14+/m1/s1. The highest BCUT2D eigenvalue weighted by Gasteiger charge is 2.37. The lowest BCUT2D eigenvalue weighted by Crippen LogP contribution is -2.57. The molecule has 0 spiro atoms. The van der Waals surface area contributed by atoms with E-state index in [1.54, 1.807) is 14.2 Å². The molecule has 2 fully saturated rings. The quantitative estimate of drug-likeness (QED) is 0.740. The third-order valence-corrected chi connectivity index (χ3v) is 4.34. The lowest BCUT2D eigenvalue weighted by molar-refractivity contribution is -0.154. The molecule has 5 heteroatoms. The number of rotatable bonds is 5. The molecule has 112 valence electrons. The Hall–Kier alpha value is -0.200. The normalized spacial score (nSPS) is 33.8. The van der Waals surface area contributed by atoms with Gasteiger partial charge in [0, 0.05) is 34.0 Å². The van der Waals surface area contributed by atoms with Crippen LogP contribution in [0.4, 0.5) is 0 Å². The summed E-state index contributed by atoms with van der Waals surface area (Å²) in [7, 11) is 5.64. The molecule has 0 saturated carbocycles. The smallest absolute Gasteiger partial charge is 0.108 e. The van der Waals surface area contributed by atoms with Crippen molar-refractivity contribution in [2.45, 2.75) is 31.1 Å². The molecule has 0 aromatic carbocycles. The molecule has 0 radical (unpaired) electrons. The maximum absolute atomic E-state index is 5.66. The van der Waals surface area contributed by atoms with Gasteiger partial charge in [0.2, 0.25) is 0 Å². The summed E-state index contributed by atoms with van der Waals surface area (Å²) in [6.45, 7) is 4.21. The molecular weight excluding hydrogens is 246 g/mol. The topological polar surface area (TPSA) is 40.2 Å². The summed E-state index contributed by atoms with van der Waals surface area (Å²) in [5.41, 5.74) is 0. The first kappa shape index (κ1) is 15.2. The number of nitrogens with zero attached hydrogens (tertiary/aromatic N) is 1. The van der Waals surface area contributed by atoms with Gasteiger partial charge in [-0.2, -0.15) is 0 Å². The summed E-state index contributed by atoms with van der Waals surface area (Å²) in [4.78, 5) is 2.37.